The summed E-state index contributed by atoms with van der Waals surface area (Å²) >= 11 is 0. The van der Waals surface area contributed by atoms with Gasteiger partial charge in [0.1, 0.15) is 23.1 Å². The van der Waals surface area contributed by atoms with Crippen LogP contribution in [0, 0.1) is 16.2 Å². The van der Waals surface area contributed by atoms with E-state index in [9.17, 15) is 9.90 Å². The lowest BCUT2D eigenvalue weighted by Gasteiger charge is -2.57. The number of carbonyl (C=O) groups is 1. The molecule has 5 unspecified atom stereocenters. The molecule has 148 valence electrons. The van der Waals surface area contributed by atoms with E-state index in [0.29, 0.717) is 18.4 Å². The van der Waals surface area contributed by atoms with Crippen LogP contribution in [0.25, 0.3) is 0 Å². The molecule has 1 aliphatic heterocycles. The Balaban J connectivity index is 1.97. The van der Waals surface area contributed by atoms with Crippen molar-refractivity contribution < 1.29 is 19.4 Å². The Bertz CT molecular complexity index is 792. The number of ether oxygens (including phenoxy) is 2. The standard InChI is InChI=1S/C23H32O4/c1-8-20(6)12-16-18(25)14(2)23-19(4,5)10-9-11-22(23,27-23)21(16,7)17(13-20)26-15(3)24/h8,17,25H,1-2,9-13H2,3-7H3. The molecule has 4 aliphatic rings. The van der Waals surface area contributed by atoms with Crippen LogP contribution in [0.4, 0.5) is 0 Å². The van der Waals surface area contributed by atoms with Crippen LogP contribution < -0.4 is 0 Å². The van der Waals surface area contributed by atoms with Gasteiger partial charge in [-0.15, -0.1) is 6.58 Å². The molecule has 4 heteroatoms. The molecule has 1 N–H and O–H groups in total. The third-order valence-corrected chi connectivity index (χ3v) is 8.28. The number of rotatable bonds is 2. The number of aliphatic hydroxyl groups is 1. The number of hydrogen-bond acceptors (Lipinski definition) is 4. The van der Waals surface area contributed by atoms with Crippen LogP contribution in [0.15, 0.2) is 36.1 Å². The SMILES string of the molecule is C=CC1(C)CC2=C(O)C(=C)C34OC3(CCCC4(C)C)C2(C)C(OC(C)=O)C1. The van der Waals surface area contributed by atoms with Crippen LogP contribution in [0.5, 0.6) is 0 Å². The number of aliphatic hydroxyl groups excluding tert-OH is 1. The van der Waals surface area contributed by atoms with Crippen LogP contribution in [0.2, 0.25) is 0 Å². The van der Waals surface area contributed by atoms with Gasteiger partial charge in [-0.1, -0.05) is 33.4 Å². The maximum atomic E-state index is 12.0. The highest BCUT2D eigenvalue weighted by Gasteiger charge is 2.88. The van der Waals surface area contributed by atoms with Gasteiger partial charge in [-0.2, -0.15) is 0 Å². The second kappa shape index (κ2) is 5.08. The lowest BCUT2D eigenvalue weighted by Crippen LogP contribution is -2.62. The first-order valence-electron chi connectivity index (χ1n) is 10.0. The van der Waals surface area contributed by atoms with E-state index in [4.69, 9.17) is 9.47 Å². The van der Waals surface area contributed by atoms with E-state index in [2.05, 4.69) is 40.9 Å². The molecule has 1 saturated heterocycles. The van der Waals surface area contributed by atoms with E-state index in [0.717, 1.165) is 24.8 Å². The van der Waals surface area contributed by atoms with Crippen LogP contribution in [-0.4, -0.2) is 28.4 Å². The van der Waals surface area contributed by atoms with Gasteiger partial charge in [-0.3, -0.25) is 4.79 Å². The van der Waals surface area contributed by atoms with Crippen molar-refractivity contribution in [2.45, 2.75) is 84.0 Å². The van der Waals surface area contributed by atoms with E-state index >= 15 is 0 Å². The third kappa shape index (κ3) is 1.90. The summed E-state index contributed by atoms with van der Waals surface area (Å²) in [7, 11) is 0. The van der Waals surface area contributed by atoms with Gasteiger partial charge in [0.25, 0.3) is 0 Å². The van der Waals surface area contributed by atoms with Crippen molar-refractivity contribution >= 4 is 5.97 Å². The van der Waals surface area contributed by atoms with Crippen molar-refractivity contribution in [1.82, 2.24) is 0 Å². The van der Waals surface area contributed by atoms with Gasteiger partial charge < -0.3 is 14.6 Å². The first-order chi connectivity index (χ1) is 12.4. The van der Waals surface area contributed by atoms with Crippen LogP contribution in [-0.2, 0) is 14.3 Å². The number of carbonyl (C=O) groups excluding carboxylic acids is 1. The monoisotopic (exact) mass is 372 g/mol. The second-order valence-electron chi connectivity index (χ2n) is 10.2. The van der Waals surface area contributed by atoms with E-state index < -0.39 is 16.6 Å². The lowest BCUT2D eigenvalue weighted by atomic mass is 9.45. The van der Waals surface area contributed by atoms with Crippen molar-refractivity contribution in [1.29, 1.82) is 0 Å². The predicted molar refractivity (Wildman–Crippen MR) is 104 cm³/mol. The van der Waals surface area contributed by atoms with E-state index in [1.165, 1.54) is 6.92 Å². The van der Waals surface area contributed by atoms with Crippen LogP contribution in [0.3, 0.4) is 0 Å². The number of hydrogen-bond donors (Lipinski definition) is 1. The molecule has 27 heavy (non-hydrogen) atoms. The zero-order chi connectivity index (χ0) is 20.0. The van der Waals surface area contributed by atoms with E-state index in [1.807, 2.05) is 6.08 Å². The molecule has 1 heterocycles. The molecule has 3 fully saturated rings. The Morgan fingerprint density at radius 1 is 1.30 bits per heavy atom. The second-order valence-corrected chi connectivity index (χ2v) is 10.2. The van der Waals surface area contributed by atoms with Crippen molar-refractivity contribution in [3.8, 4) is 0 Å². The summed E-state index contributed by atoms with van der Waals surface area (Å²) in [5.41, 5.74) is -0.384. The summed E-state index contributed by atoms with van der Waals surface area (Å²) in [6.45, 7) is 18.4. The molecule has 0 aromatic carbocycles. The molecule has 0 radical (unpaired) electrons. The number of fused-ring (bicyclic) bond motifs is 1. The smallest absolute Gasteiger partial charge is 0.302 e. The molecular weight excluding hydrogens is 340 g/mol. The minimum Gasteiger partial charge on any atom is -0.508 e. The highest BCUT2D eigenvalue weighted by atomic mass is 16.6. The maximum absolute atomic E-state index is 12.0. The van der Waals surface area contributed by atoms with Crippen molar-refractivity contribution in [3.05, 3.63) is 36.1 Å². The molecule has 4 nitrogen and oxygen atoms in total. The zero-order valence-electron chi connectivity index (χ0n) is 17.3. The molecular formula is C23H32O4. The van der Waals surface area contributed by atoms with Crippen LogP contribution in [0.1, 0.15) is 66.7 Å². The third-order valence-electron chi connectivity index (χ3n) is 8.28. The summed E-state index contributed by atoms with van der Waals surface area (Å²) in [4.78, 5) is 12.0. The fourth-order valence-corrected chi connectivity index (χ4v) is 6.73. The van der Waals surface area contributed by atoms with Gasteiger partial charge in [0.05, 0.1) is 5.41 Å². The summed E-state index contributed by atoms with van der Waals surface area (Å²) in [6, 6.07) is 0. The van der Waals surface area contributed by atoms with Gasteiger partial charge >= 0.3 is 5.97 Å². The Hall–Kier alpha value is -1.55. The molecule has 4 rings (SSSR count). The zero-order valence-corrected chi connectivity index (χ0v) is 17.3. The maximum Gasteiger partial charge on any atom is 0.302 e. The molecule has 0 aromatic heterocycles. The van der Waals surface area contributed by atoms with Crippen molar-refractivity contribution in [2.75, 3.05) is 0 Å². The van der Waals surface area contributed by atoms with Gasteiger partial charge in [0, 0.05) is 17.9 Å². The average Bonchev–Trinajstić information content (AvgIpc) is 3.29. The minimum atomic E-state index is -0.582. The largest absolute Gasteiger partial charge is 0.508 e. The fourth-order valence-electron chi connectivity index (χ4n) is 6.73. The van der Waals surface area contributed by atoms with Gasteiger partial charge in [0.2, 0.25) is 0 Å². The highest BCUT2D eigenvalue weighted by Crippen LogP contribution is 2.80. The Morgan fingerprint density at radius 3 is 2.56 bits per heavy atom. The Kier molecular flexibility index (Phi) is 3.54. The van der Waals surface area contributed by atoms with Crippen molar-refractivity contribution in [3.63, 3.8) is 0 Å². The van der Waals surface area contributed by atoms with Gasteiger partial charge in [-0.05, 0) is 50.0 Å². The minimum absolute atomic E-state index is 0.134. The predicted octanol–water partition coefficient (Wildman–Crippen LogP) is 5.01. The Labute approximate surface area is 162 Å². The molecule has 3 aliphatic carbocycles. The first kappa shape index (κ1) is 18.8. The Morgan fingerprint density at radius 2 is 1.96 bits per heavy atom. The molecule has 0 spiro atoms. The van der Waals surface area contributed by atoms with E-state index in [-0.39, 0.29) is 28.7 Å². The number of allylic oxidation sites excluding steroid dienone is 1. The molecule has 0 bridgehead atoms. The summed E-state index contributed by atoms with van der Waals surface area (Å²) in [5, 5.41) is 11.3. The normalized spacial score (nSPS) is 47.4. The van der Waals surface area contributed by atoms with Gasteiger partial charge in [0.15, 0.2) is 0 Å². The average molecular weight is 373 g/mol. The summed E-state index contributed by atoms with van der Waals surface area (Å²) in [5.74, 6) is -0.0407. The van der Waals surface area contributed by atoms with Crippen LogP contribution >= 0.6 is 0 Å². The molecule has 0 aromatic rings. The van der Waals surface area contributed by atoms with Gasteiger partial charge in [-0.25, -0.2) is 0 Å². The summed E-state index contributed by atoms with van der Waals surface area (Å²) in [6.07, 6.45) is 5.88. The lowest BCUT2D eigenvalue weighted by molar-refractivity contribution is -0.161. The molecule has 0 amide bonds. The first-order valence-corrected chi connectivity index (χ1v) is 10.0. The number of epoxide rings is 1. The quantitative estimate of drug-likeness (QED) is 0.420. The van der Waals surface area contributed by atoms with E-state index in [1.54, 1.807) is 0 Å². The topological polar surface area (TPSA) is 59.1 Å². The fraction of sp³-hybridized carbons (Fsp3) is 0.696. The molecule has 2 saturated carbocycles. The number of esters is 1. The van der Waals surface area contributed by atoms with Crippen molar-refractivity contribution in [2.24, 2.45) is 16.2 Å². The highest BCUT2D eigenvalue weighted by molar-refractivity contribution is 5.67. The molecule has 5 atom stereocenters. The summed E-state index contributed by atoms with van der Waals surface area (Å²) < 4.78 is 12.6.